The van der Waals surface area contributed by atoms with Crippen LogP contribution in [0.15, 0.2) is 34.8 Å². The molecule has 1 aromatic heterocycles. The molecule has 0 spiro atoms. The average Bonchev–Trinajstić information content (AvgIpc) is 2.84. The normalized spacial score (nSPS) is 20.7. The lowest BCUT2D eigenvalue weighted by Crippen LogP contribution is -2.36. The predicted octanol–water partition coefficient (Wildman–Crippen LogP) is 2.67. The molecule has 23 heavy (non-hydrogen) atoms. The predicted molar refractivity (Wildman–Crippen MR) is 76.8 cm³/mol. The Morgan fingerprint density at radius 3 is 2.57 bits per heavy atom. The standard InChI is InChI=1S/C14H11BrF3N3O2/c15-10-11(13(22)23)20-21-9(14(16,17)18)6-8(19-12(10)21)7-4-2-1-3-5-7/h1-5,8-9,19H,6H2,(H,22,23)/p-1/t8-,9+/m0/s1. The summed E-state index contributed by atoms with van der Waals surface area (Å²) in [5.41, 5.74) is 0.117. The Morgan fingerprint density at radius 2 is 2.00 bits per heavy atom. The number of halogens is 4. The van der Waals surface area contributed by atoms with E-state index in [-0.39, 0.29) is 16.7 Å². The van der Waals surface area contributed by atoms with Crippen molar-refractivity contribution >= 4 is 27.7 Å². The van der Waals surface area contributed by atoms with E-state index in [1.807, 2.05) is 0 Å². The Labute approximate surface area is 137 Å². The van der Waals surface area contributed by atoms with E-state index in [0.29, 0.717) is 10.2 Å². The van der Waals surface area contributed by atoms with Gasteiger partial charge in [-0.25, -0.2) is 4.68 Å². The molecule has 1 aliphatic rings. The van der Waals surface area contributed by atoms with Crippen molar-refractivity contribution in [3.63, 3.8) is 0 Å². The molecule has 0 bridgehead atoms. The Balaban J connectivity index is 2.10. The van der Waals surface area contributed by atoms with Crippen LogP contribution in [-0.2, 0) is 0 Å². The molecular weight excluding hydrogens is 379 g/mol. The van der Waals surface area contributed by atoms with Crippen molar-refractivity contribution < 1.29 is 23.1 Å². The highest BCUT2D eigenvalue weighted by Crippen LogP contribution is 2.46. The van der Waals surface area contributed by atoms with E-state index >= 15 is 0 Å². The number of carbonyl (C=O) groups is 1. The molecule has 1 aliphatic heterocycles. The Morgan fingerprint density at radius 1 is 1.35 bits per heavy atom. The molecule has 2 heterocycles. The number of carboxylic acids is 1. The van der Waals surface area contributed by atoms with Gasteiger partial charge >= 0.3 is 6.18 Å². The molecule has 122 valence electrons. The number of anilines is 1. The number of hydrogen-bond donors (Lipinski definition) is 1. The van der Waals surface area contributed by atoms with Crippen LogP contribution in [0.1, 0.15) is 34.6 Å². The van der Waals surface area contributed by atoms with Gasteiger partial charge < -0.3 is 15.2 Å². The highest BCUT2D eigenvalue weighted by Gasteiger charge is 2.47. The van der Waals surface area contributed by atoms with Crippen molar-refractivity contribution in [1.82, 2.24) is 9.78 Å². The fraction of sp³-hybridized carbons (Fsp3) is 0.286. The summed E-state index contributed by atoms with van der Waals surface area (Å²) in [6.45, 7) is 0. The van der Waals surface area contributed by atoms with E-state index in [1.54, 1.807) is 30.3 Å². The van der Waals surface area contributed by atoms with Gasteiger partial charge in [-0.15, -0.1) is 0 Å². The molecule has 0 unspecified atom stereocenters. The summed E-state index contributed by atoms with van der Waals surface area (Å²) in [4.78, 5) is 11.0. The maximum atomic E-state index is 13.4. The van der Waals surface area contributed by atoms with Crippen LogP contribution in [0.2, 0.25) is 0 Å². The number of alkyl halides is 3. The van der Waals surface area contributed by atoms with Gasteiger partial charge in [0, 0.05) is 6.42 Å². The largest absolute Gasteiger partial charge is 0.543 e. The van der Waals surface area contributed by atoms with Crippen molar-refractivity contribution in [2.24, 2.45) is 0 Å². The minimum Gasteiger partial charge on any atom is -0.543 e. The molecule has 0 amide bonds. The van der Waals surface area contributed by atoms with Gasteiger partial charge in [-0.05, 0) is 21.5 Å². The maximum absolute atomic E-state index is 13.4. The van der Waals surface area contributed by atoms with Gasteiger partial charge in [-0.1, -0.05) is 30.3 Å². The van der Waals surface area contributed by atoms with Crippen LogP contribution >= 0.6 is 15.9 Å². The molecule has 9 heteroatoms. The molecule has 2 atom stereocenters. The van der Waals surface area contributed by atoms with Crippen molar-refractivity contribution in [3.05, 3.63) is 46.1 Å². The molecule has 0 saturated carbocycles. The second-order valence-electron chi connectivity index (χ2n) is 5.14. The Bertz CT molecular complexity index is 746. The number of rotatable bonds is 2. The van der Waals surface area contributed by atoms with E-state index in [4.69, 9.17) is 0 Å². The van der Waals surface area contributed by atoms with Gasteiger partial charge in [0.1, 0.15) is 11.5 Å². The number of nitrogens with one attached hydrogen (secondary N) is 1. The second kappa shape index (κ2) is 5.55. The first-order valence-electron chi connectivity index (χ1n) is 6.66. The van der Waals surface area contributed by atoms with Crippen molar-refractivity contribution in [1.29, 1.82) is 0 Å². The lowest BCUT2D eigenvalue weighted by molar-refractivity contribution is -0.255. The van der Waals surface area contributed by atoms with Crippen LogP contribution < -0.4 is 10.4 Å². The van der Waals surface area contributed by atoms with Crippen LogP contribution in [0, 0.1) is 0 Å². The number of benzene rings is 1. The molecule has 0 radical (unpaired) electrons. The minimum atomic E-state index is -4.56. The quantitative estimate of drug-likeness (QED) is 0.858. The molecule has 1 aromatic carbocycles. The summed E-state index contributed by atoms with van der Waals surface area (Å²) in [7, 11) is 0. The van der Waals surface area contributed by atoms with E-state index in [1.165, 1.54) is 0 Å². The molecular formula is C14H10BrF3N3O2-. The van der Waals surface area contributed by atoms with E-state index in [2.05, 4.69) is 26.3 Å². The number of aromatic nitrogens is 2. The third-order valence-corrected chi connectivity index (χ3v) is 4.44. The smallest absolute Gasteiger partial charge is 0.410 e. The number of fused-ring (bicyclic) bond motifs is 1. The molecule has 0 aliphatic carbocycles. The van der Waals surface area contributed by atoms with Gasteiger partial charge in [0.05, 0.1) is 16.5 Å². The van der Waals surface area contributed by atoms with Crippen LogP contribution in [0.4, 0.5) is 19.0 Å². The summed E-state index contributed by atoms with van der Waals surface area (Å²) in [6, 6.07) is 6.11. The first kappa shape index (κ1) is 15.9. The lowest BCUT2D eigenvalue weighted by Gasteiger charge is -2.33. The zero-order chi connectivity index (χ0) is 16.8. The van der Waals surface area contributed by atoms with Crippen molar-refractivity contribution in [2.75, 3.05) is 5.32 Å². The van der Waals surface area contributed by atoms with E-state index in [0.717, 1.165) is 0 Å². The van der Waals surface area contributed by atoms with Crippen LogP contribution in [0.3, 0.4) is 0 Å². The minimum absolute atomic E-state index is 0.0216. The highest BCUT2D eigenvalue weighted by molar-refractivity contribution is 9.10. The molecule has 3 rings (SSSR count). The average molecular weight is 389 g/mol. The van der Waals surface area contributed by atoms with Crippen LogP contribution in [0.25, 0.3) is 0 Å². The molecule has 2 aromatic rings. The summed E-state index contributed by atoms with van der Waals surface area (Å²) < 4.78 is 40.8. The van der Waals surface area contributed by atoms with Crippen molar-refractivity contribution in [3.8, 4) is 0 Å². The highest BCUT2D eigenvalue weighted by atomic mass is 79.9. The monoisotopic (exact) mass is 388 g/mol. The zero-order valence-electron chi connectivity index (χ0n) is 11.5. The summed E-state index contributed by atoms with van der Waals surface area (Å²) in [5, 5.41) is 17.5. The van der Waals surface area contributed by atoms with Crippen LogP contribution in [-0.4, -0.2) is 21.9 Å². The summed E-state index contributed by atoms with van der Waals surface area (Å²) in [6.07, 6.45) is -4.85. The number of hydrogen-bond acceptors (Lipinski definition) is 4. The first-order valence-corrected chi connectivity index (χ1v) is 7.46. The topological polar surface area (TPSA) is 70.0 Å². The summed E-state index contributed by atoms with van der Waals surface area (Å²) >= 11 is 3.00. The van der Waals surface area contributed by atoms with Crippen LogP contribution in [0.5, 0.6) is 0 Å². The maximum Gasteiger partial charge on any atom is 0.410 e. The molecule has 0 saturated heterocycles. The van der Waals surface area contributed by atoms with Gasteiger partial charge in [0.2, 0.25) is 0 Å². The van der Waals surface area contributed by atoms with Gasteiger partial charge in [-0.2, -0.15) is 18.3 Å². The number of aromatic carboxylic acids is 1. The Kier molecular flexibility index (Phi) is 3.83. The van der Waals surface area contributed by atoms with Crippen molar-refractivity contribution in [2.45, 2.75) is 24.7 Å². The molecule has 5 nitrogen and oxygen atoms in total. The molecule has 0 fully saturated rings. The van der Waals surface area contributed by atoms with Gasteiger partial charge in [0.25, 0.3) is 0 Å². The number of nitrogens with zero attached hydrogens (tertiary/aromatic N) is 2. The van der Waals surface area contributed by atoms with E-state index in [9.17, 15) is 23.1 Å². The van der Waals surface area contributed by atoms with Gasteiger partial charge in [0.15, 0.2) is 6.04 Å². The number of carboxylic acid groups (broad SMARTS) is 1. The summed E-state index contributed by atoms with van der Waals surface area (Å²) in [5.74, 6) is -1.66. The third kappa shape index (κ3) is 2.80. The number of carbonyl (C=O) groups excluding carboxylic acids is 1. The fourth-order valence-electron chi connectivity index (χ4n) is 2.62. The Hall–Kier alpha value is -2.03. The zero-order valence-corrected chi connectivity index (χ0v) is 13.1. The second-order valence-corrected chi connectivity index (χ2v) is 5.94. The van der Waals surface area contributed by atoms with Gasteiger partial charge in [-0.3, -0.25) is 0 Å². The van der Waals surface area contributed by atoms with E-state index < -0.39 is 29.9 Å². The fourth-order valence-corrected chi connectivity index (χ4v) is 3.16. The third-order valence-electron chi connectivity index (χ3n) is 3.69. The SMILES string of the molecule is O=C([O-])c1nn2c(c1Br)N[C@H](c1ccccc1)C[C@@H]2C(F)(F)F. The lowest BCUT2D eigenvalue weighted by atomic mass is 9.97. The molecule has 1 N–H and O–H groups in total. The first-order chi connectivity index (χ1) is 10.8.